The number of piperazine rings is 1. The minimum Gasteiger partial charge on any atom is -0.383 e. The standard InChI is InChI=1S/C15H18N4O4S/c1-24(21,22)23-11-2-3-13-12(8-11)14(17-16-13)15(20)19-7-6-18-5-4-10(19)9-18/h2-3,8,10H,4-7,9H2,1H3,(H,16,17). The third-order valence-corrected chi connectivity index (χ3v) is 5.09. The molecule has 1 aromatic heterocycles. The molecule has 0 aliphatic carbocycles. The fourth-order valence-corrected chi connectivity index (χ4v) is 3.94. The van der Waals surface area contributed by atoms with Crippen LogP contribution in [0.5, 0.6) is 5.75 Å². The van der Waals surface area contributed by atoms with Gasteiger partial charge in [0.1, 0.15) is 5.75 Å². The fraction of sp³-hybridized carbons (Fsp3) is 0.467. The van der Waals surface area contributed by atoms with Gasteiger partial charge in [0, 0.05) is 37.6 Å². The van der Waals surface area contributed by atoms with Crippen molar-refractivity contribution < 1.29 is 17.4 Å². The summed E-state index contributed by atoms with van der Waals surface area (Å²) in [4.78, 5) is 17.2. The van der Waals surface area contributed by atoms with Crippen LogP contribution in [0.15, 0.2) is 18.2 Å². The van der Waals surface area contributed by atoms with Gasteiger partial charge < -0.3 is 9.08 Å². The highest BCUT2D eigenvalue weighted by Gasteiger charge is 2.36. The lowest BCUT2D eigenvalue weighted by molar-refractivity contribution is 0.0605. The summed E-state index contributed by atoms with van der Waals surface area (Å²) in [5.74, 6) is 0.0513. The molecule has 128 valence electrons. The summed E-state index contributed by atoms with van der Waals surface area (Å²) in [6.45, 7) is 3.52. The third kappa shape index (κ3) is 2.73. The van der Waals surface area contributed by atoms with Gasteiger partial charge in [-0.3, -0.25) is 14.8 Å². The molecule has 0 radical (unpaired) electrons. The molecule has 4 rings (SSSR count). The lowest BCUT2D eigenvalue weighted by Crippen LogP contribution is -2.49. The molecular formula is C15H18N4O4S. The number of carbonyl (C=O) groups is 1. The number of hydrogen-bond donors (Lipinski definition) is 1. The Morgan fingerprint density at radius 3 is 2.96 bits per heavy atom. The van der Waals surface area contributed by atoms with Gasteiger partial charge in [0.25, 0.3) is 5.91 Å². The van der Waals surface area contributed by atoms with Crippen molar-refractivity contribution >= 4 is 26.9 Å². The van der Waals surface area contributed by atoms with E-state index in [1.807, 2.05) is 4.90 Å². The van der Waals surface area contributed by atoms with Crippen molar-refractivity contribution in [1.82, 2.24) is 20.0 Å². The maximum absolute atomic E-state index is 12.9. The summed E-state index contributed by atoms with van der Waals surface area (Å²) in [5.41, 5.74) is 0.980. The number of H-pyrrole nitrogens is 1. The number of rotatable bonds is 3. The van der Waals surface area contributed by atoms with Crippen LogP contribution in [0.3, 0.4) is 0 Å². The summed E-state index contributed by atoms with van der Waals surface area (Å²) in [5, 5.41) is 7.56. The average Bonchev–Trinajstić information content (AvgIpc) is 3.09. The van der Waals surface area contributed by atoms with Crippen LogP contribution in [0.4, 0.5) is 0 Å². The molecule has 0 saturated carbocycles. The number of fused-ring (bicyclic) bond motifs is 3. The van der Waals surface area contributed by atoms with Gasteiger partial charge in [-0.2, -0.15) is 13.5 Å². The van der Waals surface area contributed by atoms with E-state index < -0.39 is 10.1 Å². The van der Waals surface area contributed by atoms with Gasteiger partial charge in [0.15, 0.2) is 5.69 Å². The maximum atomic E-state index is 12.9. The summed E-state index contributed by atoms with van der Waals surface area (Å²) in [6.07, 6.45) is 1.97. The van der Waals surface area contributed by atoms with Crippen molar-refractivity contribution in [2.45, 2.75) is 12.5 Å². The first kappa shape index (κ1) is 15.4. The number of aromatic amines is 1. The zero-order chi connectivity index (χ0) is 16.9. The van der Waals surface area contributed by atoms with Crippen LogP contribution in [-0.4, -0.2) is 72.8 Å². The van der Waals surface area contributed by atoms with Crippen molar-refractivity contribution in [2.24, 2.45) is 0 Å². The molecule has 24 heavy (non-hydrogen) atoms. The Kier molecular flexibility index (Phi) is 3.50. The van der Waals surface area contributed by atoms with Crippen molar-refractivity contribution in [3.8, 4) is 5.75 Å². The number of aromatic nitrogens is 2. The van der Waals surface area contributed by atoms with Crippen LogP contribution in [0.25, 0.3) is 10.9 Å². The van der Waals surface area contributed by atoms with E-state index in [0.717, 1.165) is 32.3 Å². The van der Waals surface area contributed by atoms with Crippen molar-refractivity contribution in [2.75, 3.05) is 32.4 Å². The number of carbonyl (C=O) groups excluding carboxylic acids is 1. The lowest BCUT2D eigenvalue weighted by Gasteiger charge is -2.33. The first-order valence-electron chi connectivity index (χ1n) is 7.81. The van der Waals surface area contributed by atoms with Crippen molar-refractivity contribution in [1.29, 1.82) is 0 Å². The number of benzene rings is 1. The second-order valence-corrected chi connectivity index (χ2v) is 7.88. The zero-order valence-corrected chi connectivity index (χ0v) is 14.0. The fourth-order valence-electron chi connectivity index (χ4n) is 3.49. The van der Waals surface area contributed by atoms with E-state index in [4.69, 9.17) is 4.18 Å². The van der Waals surface area contributed by atoms with Gasteiger partial charge in [0.05, 0.1) is 11.8 Å². The van der Waals surface area contributed by atoms with E-state index in [9.17, 15) is 13.2 Å². The van der Waals surface area contributed by atoms with E-state index in [1.54, 1.807) is 6.07 Å². The van der Waals surface area contributed by atoms with Gasteiger partial charge in [-0.1, -0.05) is 0 Å². The van der Waals surface area contributed by atoms with Crippen LogP contribution < -0.4 is 4.18 Å². The predicted molar refractivity (Wildman–Crippen MR) is 87.4 cm³/mol. The molecule has 2 saturated heterocycles. The molecule has 1 amide bonds. The minimum atomic E-state index is -3.62. The topological polar surface area (TPSA) is 95.6 Å². The van der Waals surface area contributed by atoms with E-state index in [0.29, 0.717) is 23.1 Å². The number of amides is 1. The van der Waals surface area contributed by atoms with E-state index in [2.05, 4.69) is 15.1 Å². The Hall–Kier alpha value is -2.13. The molecule has 1 N–H and O–H groups in total. The molecule has 1 aromatic carbocycles. The SMILES string of the molecule is CS(=O)(=O)Oc1ccc2[nH]nc(C(=O)N3CCN4CCC3C4)c2c1. The second-order valence-electron chi connectivity index (χ2n) is 6.31. The largest absolute Gasteiger partial charge is 0.383 e. The summed E-state index contributed by atoms with van der Waals surface area (Å²) >= 11 is 0. The van der Waals surface area contributed by atoms with Crippen LogP contribution in [0, 0.1) is 0 Å². The quantitative estimate of drug-likeness (QED) is 0.807. The lowest BCUT2D eigenvalue weighted by atomic mass is 10.1. The highest BCUT2D eigenvalue weighted by molar-refractivity contribution is 7.86. The molecule has 2 aromatic rings. The number of hydrogen-bond acceptors (Lipinski definition) is 6. The first-order chi connectivity index (χ1) is 11.4. The van der Waals surface area contributed by atoms with Gasteiger partial charge in [0.2, 0.25) is 0 Å². The van der Waals surface area contributed by atoms with Gasteiger partial charge in [-0.05, 0) is 24.6 Å². The van der Waals surface area contributed by atoms with Crippen molar-refractivity contribution in [3.05, 3.63) is 23.9 Å². The molecule has 0 spiro atoms. The second kappa shape index (κ2) is 5.45. The molecule has 2 aliphatic heterocycles. The Labute approximate surface area is 139 Å². The van der Waals surface area contributed by atoms with Gasteiger partial charge in [-0.25, -0.2) is 0 Å². The summed E-state index contributed by atoms with van der Waals surface area (Å²) in [6, 6.07) is 4.96. The Balaban J connectivity index is 1.68. The van der Waals surface area contributed by atoms with Gasteiger partial charge >= 0.3 is 10.1 Å². The molecule has 3 heterocycles. The third-order valence-electron chi connectivity index (χ3n) is 4.59. The molecule has 2 aliphatic rings. The molecule has 8 nitrogen and oxygen atoms in total. The zero-order valence-electron chi connectivity index (χ0n) is 13.2. The van der Waals surface area contributed by atoms with Crippen LogP contribution in [0.1, 0.15) is 16.9 Å². The predicted octanol–water partition coefficient (Wildman–Crippen LogP) is 0.431. The monoisotopic (exact) mass is 350 g/mol. The first-order valence-corrected chi connectivity index (χ1v) is 9.63. The molecule has 9 heteroatoms. The average molecular weight is 350 g/mol. The Morgan fingerprint density at radius 2 is 2.17 bits per heavy atom. The smallest absolute Gasteiger partial charge is 0.306 e. The Bertz CT molecular complexity index is 907. The maximum Gasteiger partial charge on any atom is 0.306 e. The molecule has 2 unspecified atom stereocenters. The van der Waals surface area contributed by atoms with Crippen LogP contribution in [0.2, 0.25) is 0 Å². The van der Waals surface area contributed by atoms with E-state index >= 15 is 0 Å². The molecular weight excluding hydrogens is 332 g/mol. The molecule has 2 atom stereocenters. The molecule has 2 bridgehead atoms. The molecule has 2 fully saturated rings. The number of nitrogens with zero attached hydrogens (tertiary/aromatic N) is 3. The Morgan fingerprint density at radius 1 is 1.33 bits per heavy atom. The van der Waals surface area contributed by atoms with E-state index in [-0.39, 0.29) is 17.7 Å². The van der Waals surface area contributed by atoms with E-state index in [1.165, 1.54) is 12.1 Å². The highest BCUT2D eigenvalue weighted by Crippen LogP contribution is 2.27. The summed E-state index contributed by atoms with van der Waals surface area (Å²) in [7, 11) is -3.62. The normalized spacial score (nSPS) is 23.6. The van der Waals surface area contributed by atoms with Gasteiger partial charge in [-0.15, -0.1) is 0 Å². The van der Waals surface area contributed by atoms with Crippen LogP contribution in [-0.2, 0) is 10.1 Å². The highest BCUT2D eigenvalue weighted by atomic mass is 32.2. The van der Waals surface area contributed by atoms with Crippen molar-refractivity contribution in [3.63, 3.8) is 0 Å². The minimum absolute atomic E-state index is 0.121. The summed E-state index contributed by atoms with van der Waals surface area (Å²) < 4.78 is 27.5. The van der Waals surface area contributed by atoms with Crippen LogP contribution >= 0.6 is 0 Å². The number of nitrogens with one attached hydrogen (secondary N) is 1.